The van der Waals surface area contributed by atoms with Gasteiger partial charge in [0.05, 0.1) is 12.7 Å². The van der Waals surface area contributed by atoms with E-state index in [1.54, 1.807) is 0 Å². The molecule has 0 aromatic carbocycles. The van der Waals surface area contributed by atoms with Crippen LogP contribution in [0.3, 0.4) is 0 Å². The summed E-state index contributed by atoms with van der Waals surface area (Å²) in [6.45, 7) is 26.8. The minimum Gasteiger partial charge on any atom is -0.409 e. The van der Waals surface area contributed by atoms with Gasteiger partial charge in [-0.05, 0) is 45.8 Å². The Bertz CT molecular complexity index is 588. The van der Waals surface area contributed by atoms with Gasteiger partial charge in [0.2, 0.25) is 7.98 Å². The number of hydrogen-bond acceptors (Lipinski definition) is 6. The summed E-state index contributed by atoms with van der Waals surface area (Å²) >= 11 is 0. The van der Waals surface area contributed by atoms with Crippen LogP contribution in [-0.4, -0.2) is 83.5 Å². The van der Waals surface area contributed by atoms with Gasteiger partial charge in [-0.15, -0.1) is 0 Å². The standard InChI is InChI=1S/C20H40BN2O5PSi.CH4/c1-14(2)23(15(3)4)29(25-12-11-22-8)27-17-16(13-24)26-19(21)18(17)28-30(9,10)20(5,6)7;/h14-19,24H,11-13H2,1-7,9-10H3;1H4/t16-,17?,18+,19-,29?;/m1./s1/i24D;1T. The molecule has 180 valence electrons. The van der Waals surface area contributed by atoms with Crippen LogP contribution in [0.2, 0.25) is 18.1 Å². The van der Waals surface area contributed by atoms with Crippen molar-refractivity contribution >= 4 is 24.7 Å². The van der Waals surface area contributed by atoms with Gasteiger partial charge in [0.1, 0.15) is 26.7 Å². The lowest BCUT2D eigenvalue weighted by Gasteiger charge is -2.42. The summed E-state index contributed by atoms with van der Waals surface area (Å²) in [7, 11) is 3.90. The number of hydrogen-bond donors (Lipinski definition) is 1. The van der Waals surface area contributed by atoms with Crippen LogP contribution in [-0.2, 0) is 18.2 Å². The van der Waals surface area contributed by atoms with E-state index in [0.717, 1.165) is 0 Å². The summed E-state index contributed by atoms with van der Waals surface area (Å²) in [5.74, 6) is 0. The summed E-state index contributed by atoms with van der Waals surface area (Å²) in [6.07, 6.45) is -1.59. The van der Waals surface area contributed by atoms with E-state index in [0.29, 0.717) is 0 Å². The van der Waals surface area contributed by atoms with Gasteiger partial charge in [0.25, 0.3) is 8.53 Å². The van der Waals surface area contributed by atoms with E-state index in [4.69, 9.17) is 35.4 Å². The summed E-state index contributed by atoms with van der Waals surface area (Å²) in [6, 6.07) is -0.354. The molecule has 5 atom stereocenters. The van der Waals surface area contributed by atoms with Crippen LogP contribution < -0.4 is 0 Å². The maximum atomic E-state index is 7.23. The second kappa shape index (κ2) is 13.0. The quantitative estimate of drug-likeness (QED) is 0.192. The first-order chi connectivity index (χ1) is 15.3. The van der Waals surface area contributed by atoms with Crippen LogP contribution in [0.1, 0.15) is 57.2 Å². The minimum atomic E-state index is -2.17. The number of ether oxygens (including phenoxy) is 1. The molecule has 2 radical (unpaired) electrons. The second-order valence-electron chi connectivity index (χ2n) is 9.74. The normalized spacial score (nSPS) is 26.3. The zero-order chi connectivity index (χ0) is 26.0. The van der Waals surface area contributed by atoms with Gasteiger partial charge in [0, 0.05) is 19.5 Å². The first-order valence-corrected chi connectivity index (χ1v) is 14.7. The maximum Gasteiger partial charge on any atom is 0.259 e. The van der Waals surface area contributed by atoms with Gasteiger partial charge in [-0.1, -0.05) is 28.2 Å². The lowest BCUT2D eigenvalue weighted by molar-refractivity contribution is -0.00402. The van der Waals surface area contributed by atoms with Crippen molar-refractivity contribution in [3.63, 3.8) is 0 Å². The Balaban J connectivity index is 0.00000497. The second-order valence-corrected chi connectivity index (χ2v) is 15.9. The molecule has 0 saturated carbocycles. The first kappa shape index (κ1) is 27.2. The molecular formula is C21H44BN2O5PSi. The molecule has 1 aliphatic heterocycles. The third-order valence-corrected chi connectivity index (χ3v) is 12.2. The number of nitrogens with zero attached hydrogens (tertiary/aromatic N) is 2. The summed E-state index contributed by atoms with van der Waals surface area (Å²) in [5, 5.41) is 4.63. The van der Waals surface area contributed by atoms with Gasteiger partial charge in [0.15, 0.2) is 8.32 Å². The van der Waals surface area contributed by atoms with E-state index in [1.807, 2.05) is 0 Å². The Hall–Kier alpha value is -0.0382. The highest BCUT2D eigenvalue weighted by Gasteiger charge is 2.50. The highest BCUT2D eigenvalue weighted by Crippen LogP contribution is 2.50. The predicted octanol–water partition coefficient (Wildman–Crippen LogP) is 4.57. The molecule has 31 heavy (non-hydrogen) atoms. The lowest BCUT2D eigenvalue weighted by atomic mass is 9.93. The Morgan fingerprint density at radius 1 is 1.32 bits per heavy atom. The molecule has 0 aliphatic carbocycles. The van der Waals surface area contributed by atoms with E-state index in [2.05, 4.69) is 76.2 Å². The van der Waals surface area contributed by atoms with Gasteiger partial charge >= 0.3 is 0 Å². The Morgan fingerprint density at radius 3 is 2.35 bits per heavy atom. The molecular weight excluding hydrogens is 430 g/mol. The van der Waals surface area contributed by atoms with Crippen LogP contribution in [0.15, 0.2) is 0 Å². The number of aliphatic hydroxyl groups excluding tert-OH is 1. The molecule has 1 rings (SSSR count). The molecule has 1 aliphatic rings. The number of rotatable bonds is 12. The Kier molecular flexibility index (Phi) is 11.4. The van der Waals surface area contributed by atoms with Gasteiger partial charge in [-0.25, -0.2) is 11.2 Å². The highest BCUT2D eigenvalue weighted by atomic mass is 31.2. The Labute approximate surface area is 197 Å². The van der Waals surface area contributed by atoms with Crippen LogP contribution >= 0.6 is 8.53 Å². The minimum absolute atomic E-state index is 0.0138. The largest absolute Gasteiger partial charge is 0.409 e. The summed E-state index contributed by atoms with van der Waals surface area (Å²) in [4.78, 5) is 3.39. The third kappa shape index (κ3) is 8.35. The van der Waals surface area contributed by atoms with E-state index in [1.165, 1.54) is 7.40 Å². The lowest BCUT2D eigenvalue weighted by Crippen LogP contribution is -2.50. The smallest absolute Gasteiger partial charge is 0.259 e. The van der Waals surface area contributed by atoms with E-state index in [9.17, 15) is 0 Å². The number of aliphatic hydroxyl groups is 1. The van der Waals surface area contributed by atoms with Gasteiger partial charge in [-0.3, -0.25) is 0 Å². The third-order valence-electron chi connectivity index (χ3n) is 5.61. The van der Waals surface area contributed by atoms with Crippen molar-refractivity contribution in [1.82, 2.24) is 4.67 Å². The van der Waals surface area contributed by atoms with Crippen LogP contribution in [0.25, 0.3) is 4.85 Å². The molecule has 1 heterocycles. The average molecular weight is 477 g/mol. The average Bonchev–Trinajstić information content (AvgIpc) is 2.96. The fourth-order valence-corrected chi connectivity index (χ4v) is 6.12. The van der Waals surface area contributed by atoms with Crippen LogP contribution in [0, 0.1) is 6.57 Å². The topological polar surface area (TPSA) is 64.8 Å². The van der Waals surface area contributed by atoms with Crippen molar-refractivity contribution in [2.45, 2.75) is 110 Å². The van der Waals surface area contributed by atoms with Crippen molar-refractivity contribution in [1.29, 1.82) is 1.43 Å². The van der Waals surface area contributed by atoms with Crippen molar-refractivity contribution in [2.75, 3.05) is 19.8 Å². The van der Waals surface area contributed by atoms with Gasteiger partial charge < -0.3 is 28.2 Å². The molecule has 1 saturated heterocycles. The van der Waals surface area contributed by atoms with Crippen molar-refractivity contribution in [2.24, 2.45) is 0 Å². The molecule has 1 fully saturated rings. The molecule has 1 N–H and O–H groups in total. The SMILES string of the molecule is [2H]OC[C@H]1O[C@@H]([B])[C@@H](O[Si](C)(C)C(C)(C)C)C1OP(OCC[N+]#[C-])N(C(C)C)C(C)C.[3H]C. The molecule has 0 bridgehead atoms. The Morgan fingerprint density at radius 2 is 1.90 bits per heavy atom. The van der Waals surface area contributed by atoms with Crippen molar-refractivity contribution in [3.05, 3.63) is 11.4 Å². The van der Waals surface area contributed by atoms with E-state index < -0.39 is 41.2 Å². The molecule has 7 nitrogen and oxygen atoms in total. The zero-order valence-corrected chi connectivity index (χ0v) is 22.9. The predicted molar refractivity (Wildman–Crippen MR) is 132 cm³/mol. The summed E-state index contributed by atoms with van der Waals surface area (Å²) in [5.41, 5.74) is 0. The van der Waals surface area contributed by atoms with E-state index in [-0.39, 0.29) is 36.9 Å². The molecule has 10 heteroatoms. The van der Waals surface area contributed by atoms with Crippen LogP contribution in [0.4, 0.5) is 0 Å². The molecule has 0 aromatic heterocycles. The maximum absolute atomic E-state index is 7.23. The monoisotopic (exact) mass is 477 g/mol. The fraction of sp³-hybridized carbons (Fsp3) is 0.952. The highest BCUT2D eigenvalue weighted by molar-refractivity contribution is 7.44. The molecule has 0 aromatic rings. The van der Waals surface area contributed by atoms with Gasteiger partial charge in [-0.2, -0.15) is 0 Å². The van der Waals surface area contributed by atoms with Crippen molar-refractivity contribution < 1.29 is 24.7 Å². The molecule has 0 spiro atoms. The molecule has 0 amide bonds. The van der Waals surface area contributed by atoms with Crippen molar-refractivity contribution in [3.8, 4) is 0 Å². The van der Waals surface area contributed by atoms with Crippen LogP contribution in [0.5, 0.6) is 0 Å². The summed E-state index contributed by atoms with van der Waals surface area (Å²) < 4.78 is 40.3. The molecule has 2 unspecified atom stereocenters. The van der Waals surface area contributed by atoms with E-state index >= 15 is 0 Å². The fourth-order valence-electron chi connectivity index (χ4n) is 3.06. The first-order valence-electron chi connectivity index (χ1n) is 12.1. The zero-order valence-electron chi connectivity index (χ0n) is 23.0.